The number of aliphatic hydroxyl groups excluding tert-OH is 1. The zero-order chi connectivity index (χ0) is 13.7. The number of amides is 1. The third kappa shape index (κ3) is 3.70. The number of piperidine rings is 1. The fraction of sp³-hybridized carbons (Fsp3) is 0.533. The SMILES string of the molecule is CC(=O)N1CCCC[C@H]1[C@H](O)COc1ccccc1. The molecule has 4 heteroatoms. The lowest BCUT2D eigenvalue weighted by molar-refractivity contribution is -0.136. The van der Waals surface area contributed by atoms with Gasteiger partial charge in [-0.2, -0.15) is 0 Å². The lowest BCUT2D eigenvalue weighted by Gasteiger charge is -2.37. The first-order valence-electron chi connectivity index (χ1n) is 6.81. The van der Waals surface area contributed by atoms with Gasteiger partial charge >= 0.3 is 0 Å². The van der Waals surface area contributed by atoms with Crippen molar-refractivity contribution in [2.24, 2.45) is 0 Å². The molecule has 0 aliphatic carbocycles. The summed E-state index contributed by atoms with van der Waals surface area (Å²) < 4.78 is 5.56. The van der Waals surface area contributed by atoms with Crippen LogP contribution in [0.3, 0.4) is 0 Å². The highest BCUT2D eigenvalue weighted by molar-refractivity contribution is 5.73. The fourth-order valence-electron chi connectivity index (χ4n) is 2.56. The lowest BCUT2D eigenvalue weighted by Crippen LogP contribution is -2.50. The van der Waals surface area contributed by atoms with E-state index in [0.717, 1.165) is 31.6 Å². The molecular weight excluding hydrogens is 242 g/mol. The summed E-state index contributed by atoms with van der Waals surface area (Å²) in [5.41, 5.74) is 0. The number of carbonyl (C=O) groups excluding carboxylic acids is 1. The first-order chi connectivity index (χ1) is 9.18. The van der Waals surface area contributed by atoms with Gasteiger partial charge in [-0.05, 0) is 31.4 Å². The molecule has 1 saturated heterocycles. The predicted octanol–water partition coefficient (Wildman–Crippen LogP) is 1.83. The second-order valence-corrected chi connectivity index (χ2v) is 4.97. The molecule has 0 spiro atoms. The van der Waals surface area contributed by atoms with Gasteiger partial charge in [0, 0.05) is 13.5 Å². The van der Waals surface area contributed by atoms with Gasteiger partial charge in [0.1, 0.15) is 18.5 Å². The van der Waals surface area contributed by atoms with E-state index >= 15 is 0 Å². The third-order valence-corrected chi connectivity index (χ3v) is 3.56. The van der Waals surface area contributed by atoms with E-state index in [9.17, 15) is 9.90 Å². The molecule has 0 unspecified atom stereocenters. The minimum atomic E-state index is -0.635. The van der Waals surface area contributed by atoms with Gasteiger partial charge in [-0.15, -0.1) is 0 Å². The maximum Gasteiger partial charge on any atom is 0.219 e. The summed E-state index contributed by atoms with van der Waals surface area (Å²) in [4.78, 5) is 13.3. The number of hydrogen-bond donors (Lipinski definition) is 1. The quantitative estimate of drug-likeness (QED) is 0.901. The Kier molecular flexibility index (Phi) is 4.80. The van der Waals surface area contributed by atoms with Crippen LogP contribution in [-0.4, -0.2) is 41.2 Å². The zero-order valence-electron chi connectivity index (χ0n) is 11.3. The van der Waals surface area contributed by atoms with Crippen molar-refractivity contribution in [2.75, 3.05) is 13.2 Å². The van der Waals surface area contributed by atoms with Crippen molar-refractivity contribution in [3.63, 3.8) is 0 Å². The molecule has 1 amide bonds. The molecule has 0 aromatic heterocycles. The van der Waals surface area contributed by atoms with Gasteiger partial charge in [-0.1, -0.05) is 18.2 Å². The summed E-state index contributed by atoms with van der Waals surface area (Å²) in [5, 5.41) is 10.2. The van der Waals surface area contributed by atoms with Crippen LogP contribution < -0.4 is 4.74 Å². The van der Waals surface area contributed by atoms with Gasteiger partial charge in [0.25, 0.3) is 0 Å². The summed E-state index contributed by atoms with van der Waals surface area (Å²) in [7, 11) is 0. The Balaban J connectivity index is 1.90. The van der Waals surface area contributed by atoms with E-state index in [1.807, 2.05) is 30.3 Å². The Hall–Kier alpha value is -1.55. The Morgan fingerprint density at radius 1 is 1.42 bits per heavy atom. The number of para-hydroxylation sites is 1. The smallest absolute Gasteiger partial charge is 0.219 e. The van der Waals surface area contributed by atoms with Gasteiger partial charge in [0.05, 0.1) is 6.04 Å². The fourth-order valence-corrected chi connectivity index (χ4v) is 2.56. The molecule has 1 heterocycles. The minimum absolute atomic E-state index is 0.0310. The van der Waals surface area contributed by atoms with E-state index in [1.165, 1.54) is 0 Å². The Labute approximate surface area is 114 Å². The van der Waals surface area contributed by atoms with Crippen molar-refractivity contribution < 1.29 is 14.6 Å². The van der Waals surface area contributed by atoms with Gasteiger partial charge < -0.3 is 14.7 Å². The van der Waals surface area contributed by atoms with Crippen molar-refractivity contribution in [1.82, 2.24) is 4.90 Å². The average Bonchev–Trinajstić information content (AvgIpc) is 2.46. The van der Waals surface area contributed by atoms with Crippen LogP contribution in [0.15, 0.2) is 30.3 Å². The number of hydrogen-bond acceptors (Lipinski definition) is 3. The highest BCUT2D eigenvalue weighted by atomic mass is 16.5. The number of likely N-dealkylation sites (tertiary alicyclic amines) is 1. The van der Waals surface area contributed by atoms with Gasteiger partial charge in [-0.3, -0.25) is 4.79 Å². The molecule has 1 aromatic rings. The van der Waals surface area contributed by atoms with Crippen molar-refractivity contribution >= 4 is 5.91 Å². The predicted molar refractivity (Wildman–Crippen MR) is 73.0 cm³/mol. The Morgan fingerprint density at radius 2 is 2.16 bits per heavy atom. The zero-order valence-corrected chi connectivity index (χ0v) is 11.3. The number of ether oxygens (including phenoxy) is 1. The molecule has 1 aliphatic rings. The number of benzene rings is 1. The van der Waals surface area contributed by atoms with Crippen LogP contribution in [-0.2, 0) is 4.79 Å². The van der Waals surface area contributed by atoms with E-state index in [-0.39, 0.29) is 18.6 Å². The van der Waals surface area contributed by atoms with E-state index in [2.05, 4.69) is 0 Å². The average molecular weight is 263 g/mol. The van der Waals surface area contributed by atoms with Crippen molar-refractivity contribution in [3.05, 3.63) is 30.3 Å². The standard InChI is InChI=1S/C15H21NO3/c1-12(17)16-10-6-5-9-14(16)15(18)11-19-13-7-3-2-4-8-13/h2-4,7-8,14-15,18H,5-6,9-11H2,1H3/t14-,15+/m0/s1. The number of rotatable bonds is 4. The normalized spacial score (nSPS) is 20.9. The monoisotopic (exact) mass is 263 g/mol. The van der Waals surface area contributed by atoms with Crippen LogP contribution in [0, 0.1) is 0 Å². The van der Waals surface area contributed by atoms with E-state index < -0.39 is 6.10 Å². The second kappa shape index (κ2) is 6.57. The molecule has 0 bridgehead atoms. The number of nitrogens with zero attached hydrogens (tertiary/aromatic N) is 1. The van der Waals surface area contributed by atoms with Gasteiger partial charge in [0.15, 0.2) is 0 Å². The molecule has 4 nitrogen and oxygen atoms in total. The third-order valence-electron chi connectivity index (χ3n) is 3.56. The van der Waals surface area contributed by atoms with Crippen molar-refractivity contribution in [3.8, 4) is 5.75 Å². The highest BCUT2D eigenvalue weighted by Crippen LogP contribution is 2.20. The summed E-state index contributed by atoms with van der Waals surface area (Å²) in [6.45, 7) is 2.52. The maximum absolute atomic E-state index is 11.6. The van der Waals surface area contributed by atoms with Crippen LogP contribution in [0.25, 0.3) is 0 Å². The first kappa shape index (κ1) is 13.9. The summed E-state index contributed by atoms with van der Waals surface area (Å²) in [6.07, 6.45) is 2.28. The van der Waals surface area contributed by atoms with Crippen molar-refractivity contribution in [2.45, 2.75) is 38.3 Å². The largest absolute Gasteiger partial charge is 0.491 e. The second-order valence-electron chi connectivity index (χ2n) is 4.97. The maximum atomic E-state index is 11.6. The number of carbonyl (C=O) groups is 1. The number of aliphatic hydroxyl groups is 1. The van der Waals surface area contributed by atoms with Crippen LogP contribution >= 0.6 is 0 Å². The van der Waals surface area contributed by atoms with E-state index in [1.54, 1.807) is 11.8 Å². The molecule has 2 rings (SSSR count). The molecule has 1 N–H and O–H groups in total. The topological polar surface area (TPSA) is 49.8 Å². The lowest BCUT2D eigenvalue weighted by atomic mass is 9.97. The first-order valence-corrected chi connectivity index (χ1v) is 6.81. The molecule has 1 aliphatic heterocycles. The van der Waals surface area contributed by atoms with Crippen LogP contribution in [0.1, 0.15) is 26.2 Å². The van der Waals surface area contributed by atoms with Gasteiger partial charge in [-0.25, -0.2) is 0 Å². The molecule has 104 valence electrons. The Morgan fingerprint density at radius 3 is 2.84 bits per heavy atom. The van der Waals surface area contributed by atoms with Crippen LogP contribution in [0.5, 0.6) is 5.75 Å². The molecular formula is C15H21NO3. The molecule has 1 aromatic carbocycles. The van der Waals surface area contributed by atoms with Crippen LogP contribution in [0.2, 0.25) is 0 Å². The molecule has 19 heavy (non-hydrogen) atoms. The van der Waals surface area contributed by atoms with Gasteiger partial charge in [0.2, 0.25) is 5.91 Å². The summed E-state index contributed by atoms with van der Waals surface area (Å²) in [5.74, 6) is 0.773. The highest BCUT2D eigenvalue weighted by Gasteiger charge is 2.30. The van der Waals surface area contributed by atoms with E-state index in [0.29, 0.717) is 0 Å². The molecule has 0 saturated carbocycles. The summed E-state index contributed by atoms with van der Waals surface area (Å²) in [6, 6.07) is 9.30. The van der Waals surface area contributed by atoms with Crippen LogP contribution in [0.4, 0.5) is 0 Å². The summed E-state index contributed by atoms with van der Waals surface area (Å²) >= 11 is 0. The molecule has 1 fully saturated rings. The Bertz CT molecular complexity index is 407. The molecule has 0 radical (unpaired) electrons. The van der Waals surface area contributed by atoms with E-state index in [4.69, 9.17) is 4.74 Å². The van der Waals surface area contributed by atoms with Crippen molar-refractivity contribution in [1.29, 1.82) is 0 Å². The minimum Gasteiger partial charge on any atom is -0.491 e. The molecule has 2 atom stereocenters.